The molecule has 1 N–H and O–H groups in total. The third-order valence-corrected chi connectivity index (χ3v) is 7.97. The fraction of sp³-hybridized carbons (Fsp3) is 0.409. The summed E-state index contributed by atoms with van der Waals surface area (Å²) in [6, 6.07) is 8.68. The Bertz CT molecular complexity index is 1400. The summed E-state index contributed by atoms with van der Waals surface area (Å²) in [6.07, 6.45) is -1.31. The van der Waals surface area contributed by atoms with Crippen LogP contribution in [0.4, 0.5) is 13.2 Å². The van der Waals surface area contributed by atoms with E-state index in [0.29, 0.717) is 28.0 Å². The Balaban J connectivity index is 1.58. The molecule has 0 aliphatic heterocycles. The standard InChI is InChI=1S/C22H20F3N5O2S/c1-13-5-7-16-17(11-26)19(30(20(16)28-13)14-3-2-4-14)18-8-6-15(12-27-18)33(31,32)29-21(9-10-21)22(23,24)25/h5-8,12,14,29H,2-4,9-10H2,1H3. The van der Waals surface area contributed by atoms with E-state index >= 15 is 0 Å². The molecule has 0 unspecified atom stereocenters. The molecular formula is C22H20F3N5O2S. The minimum atomic E-state index is -4.66. The molecule has 7 nitrogen and oxygen atoms in total. The topological polar surface area (TPSA) is 101 Å². The lowest BCUT2D eigenvalue weighted by molar-refractivity contribution is -0.160. The van der Waals surface area contributed by atoms with E-state index in [4.69, 9.17) is 0 Å². The molecule has 172 valence electrons. The van der Waals surface area contributed by atoms with E-state index in [1.54, 1.807) is 4.72 Å². The first-order valence-corrected chi connectivity index (χ1v) is 12.0. The molecular weight excluding hydrogens is 455 g/mol. The SMILES string of the molecule is Cc1ccc2c(C#N)c(-c3ccc(S(=O)(=O)NC4(C(F)(F)F)CC4)cn3)n(C3CCC3)c2n1. The normalized spacial score (nSPS) is 18.2. The van der Waals surface area contributed by atoms with Crippen molar-refractivity contribution in [2.75, 3.05) is 0 Å². The van der Waals surface area contributed by atoms with Crippen LogP contribution in [-0.2, 0) is 10.0 Å². The lowest BCUT2D eigenvalue weighted by atomic mass is 9.92. The third kappa shape index (κ3) is 3.48. The van der Waals surface area contributed by atoms with Gasteiger partial charge in [0.15, 0.2) is 0 Å². The zero-order valence-corrected chi connectivity index (χ0v) is 18.5. The maximum Gasteiger partial charge on any atom is 0.407 e. The zero-order valence-electron chi connectivity index (χ0n) is 17.6. The van der Waals surface area contributed by atoms with Crippen LogP contribution < -0.4 is 4.72 Å². The minimum absolute atomic E-state index is 0.146. The highest BCUT2D eigenvalue weighted by Gasteiger charge is 2.65. The molecule has 11 heteroatoms. The summed E-state index contributed by atoms with van der Waals surface area (Å²) < 4.78 is 68.6. The van der Waals surface area contributed by atoms with E-state index in [1.165, 1.54) is 12.1 Å². The number of rotatable bonds is 5. The number of alkyl halides is 3. The highest BCUT2D eigenvalue weighted by Crippen LogP contribution is 2.49. The molecule has 5 rings (SSSR count). The second-order valence-corrected chi connectivity index (χ2v) is 10.4. The third-order valence-electron chi connectivity index (χ3n) is 6.45. The van der Waals surface area contributed by atoms with Crippen LogP contribution in [0.2, 0.25) is 0 Å². The first-order valence-electron chi connectivity index (χ1n) is 10.6. The first-order chi connectivity index (χ1) is 15.6. The Morgan fingerprint density at radius 3 is 2.45 bits per heavy atom. The number of aromatic nitrogens is 3. The largest absolute Gasteiger partial charge is 0.407 e. The van der Waals surface area contributed by atoms with Crippen molar-refractivity contribution in [3.05, 3.63) is 41.7 Å². The molecule has 0 radical (unpaired) electrons. The number of fused-ring (bicyclic) bond motifs is 1. The summed E-state index contributed by atoms with van der Waals surface area (Å²) in [6.45, 7) is 1.86. The summed E-state index contributed by atoms with van der Waals surface area (Å²) in [5, 5.41) is 10.6. The van der Waals surface area contributed by atoms with Crippen LogP contribution in [0.25, 0.3) is 22.4 Å². The van der Waals surface area contributed by atoms with E-state index < -0.39 is 21.7 Å². The molecule has 2 aliphatic rings. The summed E-state index contributed by atoms with van der Waals surface area (Å²) >= 11 is 0. The summed E-state index contributed by atoms with van der Waals surface area (Å²) in [4.78, 5) is 8.53. The van der Waals surface area contributed by atoms with Gasteiger partial charge >= 0.3 is 6.18 Å². The lowest BCUT2D eigenvalue weighted by Crippen LogP contribution is -2.47. The van der Waals surface area contributed by atoms with Crippen molar-refractivity contribution in [2.45, 2.75) is 61.7 Å². The van der Waals surface area contributed by atoms with Gasteiger partial charge in [-0.1, -0.05) is 0 Å². The molecule has 3 heterocycles. The van der Waals surface area contributed by atoms with Crippen molar-refractivity contribution in [3.63, 3.8) is 0 Å². The fourth-order valence-electron chi connectivity index (χ4n) is 4.20. The van der Waals surface area contributed by atoms with Crippen LogP contribution in [0.3, 0.4) is 0 Å². The predicted octanol–water partition coefficient (Wildman–Crippen LogP) is 4.38. The number of hydrogen-bond acceptors (Lipinski definition) is 5. The van der Waals surface area contributed by atoms with E-state index in [9.17, 15) is 26.9 Å². The van der Waals surface area contributed by atoms with Crippen LogP contribution >= 0.6 is 0 Å². The molecule has 3 aromatic rings. The molecule has 0 saturated heterocycles. The maximum absolute atomic E-state index is 13.2. The van der Waals surface area contributed by atoms with Gasteiger partial charge in [-0.15, -0.1) is 0 Å². The van der Waals surface area contributed by atoms with E-state index in [0.717, 1.165) is 31.2 Å². The van der Waals surface area contributed by atoms with E-state index in [2.05, 4.69) is 16.0 Å². The molecule has 0 amide bonds. The molecule has 0 atom stereocenters. The average molecular weight is 475 g/mol. The predicted molar refractivity (Wildman–Crippen MR) is 114 cm³/mol. The van der Waals surface area contributed by atoms with Crippen molar-refractivity contribution < 1.29 is 21.6 Å². The van der Waals surface area contributed by atoms with Crippen molar-refractivity contribution >= 4 is 21.1 Å². The lowest BCUT2D eigenvalue weighted by Gasteiger charge is -2.29. The van der Waals surface area contributed by atoms with Gasteiger partial charge in [-0.05, 0) is 63.3 Å². The van der Waals surface area contributed by atoms with Gasteiger partial charge in [0.2, 0.25) is 10.0 Å². The van der Waals surface area contributed by atoms with Crippen molar-refractivity contribution in [2.24, 2.45) is 0 Å². The smallest absolute Gasteiger partial charge is 0.320 e. The Morgan fingerprint density at radius 2 is 1.94 bits per heavy atom. The van der Waals surface area contributed by atoms with Crippen molar-refractivity contribution in [3.8, 4) is 17.5 Å². The fourth-order valence-corrected chi connectivity index (χ4v) is 5.60. The number of aryl methyl sites for hydroxylation is 1. The first kappa shape index (κ1) is 21.9. The summed E-state index contributed by atoms with van der Waals surface area (Å²) in [5.74, 6) is 0. The van der Waals surface area contributed by atoms with Crippen molar-refractivity contribution in [1.82, 2.24) is 19.3 Å². The molecule has 2 aliphatic carbocycles. The molecule has 3 aromatic heterocycles. The Hall–Kier alpha value is -2.97. The quantitative estimate of drug-likeness (QED) is 0.590. The van der Waals surface area contributed by atoms with Crippen LogP contribution in [0.1, 0.15) is 49.4 Å². The van der Waals surface area contributed by atoms with E-state index in [-0.39, 0.29) is 23.8 Å². The van der Waals surface area contributed by atoms with Gasteiger partial charge in [0.1, 0.15) is 22.2 Å². The van der Waals surface area contributed by atoms with Gasteiger partial charge in [0.05, 0.1) is 17.0 Å². The number of pyridine rings is 2. The number of nitriles is 1. The van der Waals surface area contributed by atoms with Crippen LogP contribution in [-0.4, -0.2) is 34.7 Å². The second kappa shape index (κ2) is 7.27. The second-order valence-electron chi connectivity index (χ2n) is 8.68. The monoisotopic (exact) mass is 475 g/mol. The van der Waals surface area contributed by atoms with Gasteiger partial charge in [-0.25, -0.2) is 13.4 Å². The molecule has 33 heavy (non-hydrogen) atoms. The van der Waals surface area contributed by atoms with Crippen molar-refractivity contribution in [1.29, 1.82) is 5.26 Å². The highest BCUT2D eigenvalue weighted by molar-refractivity contribution is 7.89. The molecule has 0 aromatic carbocycles. The Labute approximate surface area is 188 Å². The van der Waals surface area contributed by atoms with E-state index in [1.807, 2.05) is 23.6 Å². The maximum atomic E-state index is 13.2. The van der Waals surface area contributed by atoms with Gasteiger partial charge in [-0.2, -0.15) is 23.2 Å². The number of halogens is 3. The number of sulfonamides is 1. The van der Waals surface area contributed by atoms with Crippen LogP contribution in [0.15, 0.2) is 35.4 Å². The molecule has 0 bridgehead atoms. The minimum Gasteiger partial charge on any atom is -0.320 e. The van der Waals surface area contributed by atoms with Crippen LogP contribution in [0.5, 0.6) is 0 Å². The molecule has 0 spiro atoms. The Kier molecular flexibility index (Phi) is 4.81. The highest BCUT2D eigenvalue weighted by atomic mass is 32.2. The number of nitrogens with one attached hydrogen (secondary N) is 1. The number of hydrogen-bond donors (Lipinski definition) is 1. The summed E-state index contributed by atoms with van der Waals surface area (Å²) in [5.41, 5.74) is 0.368. The average Bonchev–Trinajstić information content (AvgIpc) is 3.43. The molecule has 2 saturated carbocycles. The van der Waals surface area contributed by atoms with Crippen LogP contribution in [0, 0.1) is 18.3 Å². The van der Waals surface area contributed by atoms with Gasteiger partial charge in [0, 0.05) is 23.3 Å². The Morgan fingerprint density at radius 1 is 1.21 bits per heavy atom. The van der Waals surface area contributed by atoms with Gasteiger partial charge < -0.3 is 4.57 Å². The zero-order chi connectivity index (χ0) is 23.6. The number of nitrogens with zero attached hydrogens (tertiary/aromatic N) is 4. The summed E-state index contributed by atoms with van der Waals surface area (Å²) in [7, 11) is -4.42. The van der Waals surface area contributed by atoms with Gasteiger partial charge in [0.25, 0.3) is 0 Å². The van der Waals surface area contributed by atoms with Gasteiger partial charge in [-0.3, -0.25) is 4.98 Å². The molecule has 2 fully saturated rings.